The molecule has 0 aliphatic rings. The van der Waals surface area contributed by atoms with Crippen molar-refractivity contribution in [2.45, 2.75) is 19.9 Å². The topological polar surface area (TPSA) is 55.6 Å². The zero-order valence-electron chi connectivity index (χ0n) is 10.6. The molecule has 0 saturated heterocycles. The SMILES string of the molecule is CNC(c1cc(C)nc(C)c1)c1cnnn1C. The van der Waals surface area contributed by atoms with E-state index < -0.39 is 0 Å². The van der Waals surface area contributed by atoms with Crippen molar-refractivity contribution in [1.29, 1.82) is 0 Å². The van der Waals surface area contributed by atoms with Gasteiger partial charge in [0.05, 0.1) is 17.9 Å². The van der Waals surface area contributed by atoms with Gasteiger partial charge in [-0.2, -0.15) is 0 Å². The maximum absolute atomic E-state index is 4.39. The van der Waals surface area contributed by atoms with Crippen molar-refractivity contribution < 1.29 is 0 Å². The largest absolute Gasteiger partial charge is 0.308 e. The number of hydrogen-bond donors (Lipinski definition) is 1. The smallest absolute Gasteiger partial charge is 0.0798 e. The Kier molecular flexibility index (Phi) is 3.19. The Morgan fingerprint density at radius 3 is 2.35 bits per heavy atom. The molecule has 5 nitrogen and oxygen atoms in total. The standard InChI is InChI=1S/C12H17N5/c1-8-5-10(6-9(2)15-8)12(13-3)11-7-14-16-17(11)4/h5-7,12-13H,1-4H3. The summed E-state index contributed by atoms with van der Waals surface area (Å²) < 4.78 is 1.78. The van der Waals surface area contributed by atoms with Crippen LogP contribution < -0.4 is 5.32 Å². The predicted molar refractivity (Wildman–Crippen MR) is 65.6 cm³/mol. The summed E-state index contributed by atoms with van der Waals surface area (Å²) >= 11 is 0. The third kappa shape index (κ3) is 2.34. The second-order valence-corrected chi connectivity index (χ2v) is 4.19. The summed E-state index contributed by atoms with van der Waals surface area (Å²) in [4.78, 5) is 4.39. The van der Waals surface area contributed by atoms with Crippen LogP contribution in [0.3, 0.4) is 0 Å². The number of hydrogen-bond acceptors (Lipinski definition) is 4. The number of pyridine rings is 1. The molecule has 0 aliphatic carbocycles. The van der Waals surface area contributed by atoms with Crippen molar-refractivity contribution in [3.63, 3.8) is 0 Å². The molecule has 0 aliphatic heterocycles. The summed E-state index contributed by atoms with van der Waals surface area (Å²) in [6, 6.07) is 4.26. The molecule has 0 amide bonds. The second-order valence-electron chi connectivity index (χ2n) is 4.19. The monoisotopic (exact) mass is 231 g/mol. The van der Waals surface area contributed by atoms with Crippen LogP contribution in [-0.2, 0) is 7.05 Å². The quantitative estimate of drug-likeness (QED) is 0.860. The van der Waals surface area contributed by atoms with Crippen molar-refractivity contribution >= 4 is 0 Å². The minimum atomic E-state index is 0.0930. The average Bonchev–Trinajstić information content (AvgIpc) is 2.65. The third-order valence-electron chi connectivity index (χ3n) is 2.77. The predicted octanol–water partition coefficient (Wildman–Crippen LogP) is 1.14. The fourth-order valence-electron chi connectivity index (χ4n) is 2.08. The molecular formula is C12H17N5. The van der Waals surface area contributed by atoms with E-state index in [1.165, 1.54) is 5.56 Å². The van der Waals surface area contributed by atoms with Crippen molar-refractivity contribution in [3.8, 4) is 0 Å². The van der Waals surface area contributed by atoms with Gasteiger partial charge in [0.1, 0.15) is 0 Å². The van der Waals surface area contributed by atoms with E-state index in [1.807, 2.05) is 27.9 Å². The molecular weight excluding hydrogens is 214 g/mol. The van der Waals surface area contributed by atoms with Crippen LogP contribution in [0.5, 0.6) is 0 Å². The highest BCUT2D eigenvalue weighted by Gasteiger charge is 2.16. The second kappa shape index (κ2) is 4.63. The number of rotatable bonds is 3. The van der Waals surface area contributed by atoms with E-state index in [4.69, 9.17) is 0 Å². The Labute approximate surface area is 101 Å². The first kappa shape index (κ1) is 11.7. The van der Waals surface area contributed by atoms with Crippen molar-refractivity contribution in [2.24, 2.45) is 7.05 Å². The van der Waals surface area contributed by atoms with Crippen LogP contribution in [0.4, 0.5) is 0 Å². The van der Waals surface area contributed by atoms with Gasteiger partial charge in [0.25, 0.3) is 0 Å². The zero-order chi connectivity index (χ0) is 12.4. The molecule has 0 saturated carbocycles. The molecule has 17 heavy (non-hydrogen) atoms. The van der Waals surface area contributed by atoms with Crippen molar-refractivity contribution in [1.82, 2.24) is 25.3 Å². The van der Waals surface area contributed by atoms with E-state index in [0.29, 0.717) is 0 Å². The molecule has 0 fully saturated rings. The molecule has 0 aromatic carbocycles. The fraction of sp³-hybridized carbons (Fsp3) is 0.417. The van der Waals surface area contributed by atoms with E-state index in [0.717, 1.165) is 17.1 Å². The number of aromatic nitrogens is 4. The summed E-state index contributed by atoms with van der Waals surface area (Å²) in [5, 5.41) is 11.2. The molecule has 2 aromatic heterocycles. The molecule has 1 N–H and O–H groups in total. The summed E-state index contributed by atoms with van der Waals surface area (Å²) in [6.45, 7) is 4.01. The summed E-state index contributed by atoms with van der Waals surface area (Å²) in [5.74, 6) is 0. The Morgan fingerprint density at radius 2 is 1.88 bits per heavy atom. The number of aryl methyl sites for hydroxylation is 3. The van der Waals surface area contributed by atoms with Crippen LogP contribution >= 0.6 is 0 Å². The Morgan fingerprint density at radius 1 is 1.24 bits per heavy atom. The first-order chi connectivity index (χ1) is 8.11. The summed E-state index contributed by atoms with van der Waals surface area (Å²) in [5.41, 5.74) is 4.27. The van der Waals surface area contributed by atoms with Gasteiger partial charge in [-0.05, 0) is 38.6 Å². The lowest BCUT2D eigenvalue weighted by Gasteiger charge is -2.17. The van der Waals surface area contributed by atoms with Gasteiger partial charge in [-0.1, -0.05) is 5.21 Å². The minimum Gasteiger partial charge on any atom is -0.308 e. The molecule has 2 aromatic rings. The number of nitrogens with one attached hydrogen (secondary N) is 1. The van der Waals surface area contributed by atoms with Gasteiger partial charge >= 0.3 is 0 Å². The van der Waals surface area contributed by atoms with Gasteiger partial charge in [0.2, 0.25) is 0 Å². The van der Waals surface area contributed by atoms with Crippen LogP contribution in [0.2, 0.25) is 0 Å². The third-order valence-corrected chi connectivity index (χ3v) is 2.77. The van der Waals surface area contributed by atoms with E-state index in [1.54, 1.807) is 10.9 Å². The summed E-state index contributed by atoms with van der Waals surface area (Å²) in [6.07, 6.45) is 1.78. The normalized spacial score (nSPS) is 12.7. The molecule has 2 heterocycles. The van der Waals surface area contributed by atoms with Gasteiger partial charge in [0.15, 0.2) is 0 Å². The first-order valence-corrected chi connectivity index (χ1v) is 5.59. The van der Waals surface area contributed by atoms with Gasteiger partial charge in [-0.15, -0.1) is 5.10 Å². The molecule has 0 spiro atoms. The van der Waals surface area contributed by atoms with Crippen molar-refractivity contribution in [3.05, 3.63) is 41.0 Å². The molecule has 5 heteroatoms. The van der Waals surface area contributed by atoms with E-state index in [2.05, 4.69) is 32.7 Å². The van der Waals surface area contributed by atoms with Gasteiger partial charge in [-0.3, -0.25) is 9.67 Å². The lowest BCUT2D eigenvalue weighted by molar-refractivity contribution is 0.596. The van der Waals surface area contributed by atoms with E-state index >= 15 is 0 Å². The van der Waals surface area contributed by atoms with Gasteiger partial charge in [0, 0.05) is 18.4 Å². The zero-order valence-corrected chi connectivity index (χ0v) is 10.6. The maximum Gasteiger partial charge on any atom is 0.0798 e. The van der Waals surface area contributed by atoms with Crippen LogP contribution in [0.25, 0.3) is 0 Å². The van der Waals surface area contributed by atoms with Gasteiger partial charge < -0.3 is 5.32 Å². The van der Waals surface area contributed by atoms with Crippen LogP contribution in [0, 0.1) is 13.8 Å². The molecule has 0 radical (unpaired) electrons. The van der Waals surface area contributed by atoms with E-state index in [-0.39, 0.29) is 6.04 Å². The van der Waals surface area contributed by atoms with Crippen LogP contribution in [-0.4, -0.2) is 27.0 Å². The van der Waals surface area contributed by atoms with Crippen molar-refractivity contribution in [2.75, 3.05) is 7.05 Å². The lowest BCUT2D eigenvalue weighted by atomic mass is 10.0. The minimum absolute atomic E-state index is 0.0930. The first-order valence-electron chi connectivity index (χ1n) is 5.59. The molecule has 2 rings (SSSR count). The fourth-order valence-corrected chi connectivity index (χ4v) is 2.08. The maximum atomic E-state index is 4.39. The lowest BCUT2D eigenvalue weighted by Crippen LogP contribution is -2.21. The molecule has 90 valence electrons. The Hall–Kier alpha value is -1.75. The van der Waals surface area contributed by atoms with Gasteiger partial charge in [-0.25, -0.2) is 0 Å². The summed E-state index contributed by atoms with van der Waals surface area (Å²) in [7, 11) is 3.83. The Bertz CT molecular complexity index is 497. The number of nitrogens with zero attached hydrogens (tertiary/aromatic N) is 4. The van der Waals surface area contributed by atoms with E-state index in [9.17, 15) is 0 Å². The Balaban J connectivity index is 2.45. The average molecular weight is 231 g/mol. The molecule has 0 bridgehead atoms. The molecule has 1 unspecified atom stereocenters. The molecule has 1 atom stereocenters. The van der Waals surface area contributed by atoms with Crippen LogP contribution in [0.15, 0.2) is 18.3 Å². The highest BCUT2D eigenvalue weighted by Crippen LogP contribution is 2.21. The highest BCUT2D eigenvalue weighted by molar-refractivity contribution is 5.29. The highest BCUT2D eigenvalue weighted by atomic mass is 15.4. The van der Waals surface area contributed by atoms with Crippen LogP contribution in [0.1, 0.15) is 28.7 Å².